The summed E-state index contributed by atoms with van der Waals surface area (Å²) < 4.78 is 51.3. The van der Waals surface area contributed by atoms with Gasteiger partial charge >= 0.3 is 19.9 Å². The molecule has 0 bridgehead atoms. The van der Waals surface area contributed by atoms with E-state index in [1.54, 1.807) is 36.1 Å². The van der Waals surface area contributed by atoms with Crippen LogP contribution in [0.1, 0.15) is 11.1 Å². The normalized spacial score (nSPS) is 12.2. The number of benzene rings is 16. The minimum atomic E-state index is -3.81. The van der Waals surface area contributed by atoms with E-state index in [0.29, 0.717) is 60.3 Å². The highest BCUT2D eigenvalue weighted by Crippen LogP contribution is 2.62. The Bertz CT molecular complexity index is 5700. The first kappa shape index (κ1) is 90.4. The van der Waals surface area contributed by atoms with Gasteiger partial charge in [0, 0.05) is 82.4 Å². The molecule has 1 unspecified atom stereocenters. The van der Waals surface area contributed by atoms with Crippen LogP contribution in [0.15, 0.2) is 464 Å². The molecule has 13 nitrogen and oxygen atoms in total. The van der Waals surface area contributed by atoms with E-state index in [4.69, 9.17) is 83.0 Å². The SMILES string of the molecule is CN(/N=C\c1ccc(OP(=S)(N=P(CCNCCN)(c2ccccc2)c2ccccc2)Oc2ccc(/C=N/N(C)P(=S)(Oc3ccc(P(c4ccccc4)c4ccccc4)cc3)Oc3ccc(P(c4ccccc4)c4ccccc4)cc3)cc2)cc1)P(=S)(Oc1ccc(P(c2ccccc2)c2ccccc2)cc1)Oc1ccc(P(c2ccccc2)c2ccccc2)cc1. The number of nitrogens with two attached hydrogens (primary N) is 1. The van der Waals surface area contributed by atoms with Gasteiger partial charge < -0.3 is 38.2 Å². The molecule has 16 aromatic carbocycles. The average Bonchev–Trinajstić information content (AvgIpc) is 0.745. The molecule has 0 fully saturated rings. The fourth-order valence-corrected chi connectivity index (χ4v) is 35.3. The Morgan fingerprint density at radius 3 is 0.703 bits per heavy atom. The lowest BCUT2D eigenvalue weighted by Crippen LogP contribution is -2.29. The van der Waals surface area contributed by atoms with Gasteiger partial charge in [0.1, 0.15) is 34.5 Å². The first-order valence-electron chi connectivity index (χ1n) is 41.7. The highest BCUT2D eigenvalue weighted by atomic mass is 32.5. The Morgan fingerprint density at radius 2 is 0.477 bits per heavy atom. The van der Waals surface area contributed by atoms with Gasteiger partial charge in [-0.2, -0.15) is 14.7 Å². The second-order valence-corrected chi connectivity index (χ2v) is 51.2. The Hall–Kier alpha value is -10.9. The van der Waals surface area contributed by atoms with Crippen molar-refractivity contribution in [2.75, 3.05) is 39.9 Å². The third-order valence-corrected chi connectivity index (χ3v) is 43.3. The van der Waals surface area contributed by atoms with Crippen molar-refractivity contribution < 1.29 is 27.1 Å². The van der Waals surface area contributed by atoms with Gasteiger partial charge in [0.25, 0.3) is 0 Å². The maximum atomic E-state index is 7.16. The fraction of sp³-hybridized carbons (Fsp3) is 0.0577. The molecule has 0 heterocycles. The molecule has 16 aromatic rings. The van der Waals surface area contributed by atoms with Gasteiger partial charge in [0.15, 0.2) is 0 Å². The molecule has 0 saturated carbocycles. The molecular formula is C104H93N7O6P8S3. The third kappa shape index (κ3) is 23.2. The van der Waals surface area contributed by atoms with Crippen LogP contribution in [0, 0.1) is 0 Å². The summed E-state index contributed by atoms with van der Waals surface area (Å²) in [4.78, 5) is 0. The molecule has 16 rings (SSSR count). The largest absolute Gasteiger partial charge is 0.420 e. The number of hydrogen-bond acceptors (Lipinski definition) is 13. The van der Waals surface area contributed by atoms with Gasteiger partial charge in [0.2, 0.25) is 0 Å². The highest BCUT2D eigenvalue weighted by molar-refractivity contribution is 8.11. The molecule has 0 saturated heterocycles. The monoisotopic (exact) mass is 1880 g/mol. The second kappa shape index (κ2) is 43.9. The predicted molar refractivity (Wildman–Crippen MR) is 559 cm³/mol. The highest BCUT2D eigenvalue weighted by Gasteiger charge is 2.35. The van der Waals surface area contributed by atoms with Gasteiger partial charge in [-0.1, -0.05) is 352 Å². The van der Waals surface area contributed by atoms with Crippen molar-refractivity contribution in [1.29, 1.82) is 0 Å². The second-order valence-electron chi connectivity index (χ2n) is 29.4. The summed E-state index contributed by atoms with van der Waals surface area (Å²) >= 11 is 20.1. The van der Waals surface area contributed by atoms with E-state index < -0.39 is 58.7 Å². The van der Waals surface area contributed by atoms with Crippen molar-refractivity contribution in [3.05, 3.63) is 460 Å². The summed E-state index contributed by atoms with van der Waals surface area (Å²) in [6.45, 7) is -9.23. The molecule has 0 spiro atoms. The molecular weight excluding hydrogens is 1790 g/mol. The Labute approximate surface area is 771 Å². The van der Waals surface area contributed by atoms with Crippen molar-refractivity contribution >= 4 is 181 Å². The molecule has 0 aliphatic heterocycles. The first-order valence-corrected chi connectivity index (χ1v) is 56.7. The Kier molecular flexibility index (Phi) is 31.0. The third-order valence-electron chi connectivity index (χ3n) is 20.6. The molecule has 128 heavy (non-hydrogen) atoms. The quantitative estimate of drug-likeness (QED) is 0.0165. The van der Waals surface area contributed by atoms with Crippen LogP contribution in [0.2, 0.25) is 0 Å². The van der Waals surface area contributed by atoms with Crippen LogP contribution in [-0.2, 0) is 35.4 Å². The molecule has 0 aromatic heterocycles. The number of rotatable bonds is 38. The zero-order valence-electron chi connectivity index (χ0n) is 70.3. The first-order chi connectivity index (χ1) is 62.7. The molecule has 0 aliphatic carbocycles. The standard InChI is InChI=1S/C104H93N7O6P8S3/c1-110(124(127,114-87-61-69-99(70-62-87)118(91-33-13-3-14-34-91)92-35-15-4-16-36-92)115-88-63-71-100(72-64-88)119(93-37-17-5-18-38-93)94-39-19-6-20-40-94)107-81-83-53-57-85(58-54-83)112-123(126,109-122(80-79-106-78-77-105,103-49-29-11-30-50-103)104-51-31-12-32-52-104)113-86-59-55-84(56-60-86)82-108-111(2)125(128,116-89-65-73-101(74-66-89)120(95-41-21-7-22-42-95)96-43-23-8-24-44-96)117-90-67-75-102(76-68-90)121(97-45-25-9-26-46-97)98-47-27-10-28-48-98/h3-76,81-82,106H,77-80,105H2,1-2H3/b107-81-,108-82+. The van der Waals surface area contributed by atoms with Crippen LogP contribution < -0.4 is 112 Å². The van der Waals surface area contributed by atoms with Crippen molar-refractivity contribution in [2.24, 2.45) is 20.5 Å². The number of nitrogens with one attached hydrogen (secondary N) is 1. The van der Waals surface area contributed by atoms with Crippen molar-refractivity contribution in [3.63, 3.8) is 0 Å². The van der Waals surface area contributed by atoms with E-state index in [1.807, 2.05) is 133 Å². The van der Waals surface area contributed by atoms with Gasteiger partial charge in [-0.15, -0.1) is 0 Å². The molecule has 24 heteroatoms. The molecule has 638 valence electrons. The minimum Gasteiger partial charge on any atom is -0.420 e. The van der Waals surface area contributed by atoms with Crippen LogP contribution in [0.3, 0.4) is 0 Å². The maximum Gasteiger partial charge on any atom is 0.413 e. The van der Waals surface area contributed by atoms with Gasteiger partial charge in [-0.05, 0) is 214 Å². The van der Waals surface area contributed by atoms with Gasteiger partial charge in [0.05, 0.1) is 12.4 Å². The molecule has 0 aliphatic rings. The van der Waals surface area contributed by atoms with Crippen molar-refractivity contribution in [2.45, 2.75) is 0 Å². The zero-order chi connectivity index (χ0) is 87.8. The summed E-state index contributed by atoms with van der Waals surface area (Å²) in [5.74, 6) is 3.04. The van der Waals surface area contributed by atoms with Gasteiger partial charge in [-0.25, -0.2) is 9.56 Å². The maximum absolute atomic E-state index is 7.16. The lowest BCUT2D eigenvalue weighted by Gasteiger charge is -2.30. The smallest absolute Gasteiger partial charge is 0.413 e. The van der Waals surface area contributed by atoms with Crippen LogP contribution in [0.4, 0.5) is 0 Å². The Balaban J connectivity index is 0.696. The average molecular weight is 1880 g/mol. The summed E-state index contributed by atoms with van der Waals surface area (Å²) in [7, 11) is -2.81. The van der Waals surface area contributed by atoms with E-state index in [2.05, 4.69) is 321 Å². The molecule has 1 atom stereocenters. The number of hydrogen-bond donors (Lipinski definition) is 2. The molecule has 0 radical (unpaired) electrons. The fourth-order valence-electron chi connectivity index (χ4n) is 14.4. The number of hydrazone groups is 2. The van der Waals surface area contributed by atoms with E-state index in [-0.39, 0.29) is 0 Å². The van der Waals surface area contributed by atoms with Crippen LogP contribution in [0.25, 0.3) is 0 Å². The van der Waals surface area contributed by atoms with Gasteiger partial charge in [-0.3, -0.25) is 0 Å². The van der Waals surface area contributed by atoms with E-state index in [0.717, 1.165) is 43.0 Å². The van der Waals surface area contributed by atoms with Crippen LogP contribution in [0.5, 0.6) is 34.5 Å². The summed E-state index contributed by atoms with van der Waals surface area (Å²) in [5.41, 5.74) is 7.56. The van der Waals surface area contributed by atoms with Crippen molar-refractivity contribution in [3.8, 4) is 34.5 Å². The number of nitrogens with zero attached hydrogens (tertiary/aromatic N) is 5. The zero-order valence-corrected chi connectivity index (χ0v) is 79.9. The Morgan fingerprint density at radius 1 is 0.273 bits per heavy atom. The summed E-state index contributed by atoms with van der Waals surface area (Å²) in [5, 5.41) is 30.2. The van der Waals surface area contributed by atoms with E-state index >= 15 is 0 Å². The predicted octanol–water partition coefficient (Wildman–Crippen LogP) is 20.1. The summed E-state index contributed by atoms with van der Waals surface area (Å²) in [6, 6.07) is 154. The van der Waals surface area contributed by atoms with Crippen LogP contribution >= 0.6 is 58.7 Å². The topological polar surface area (TPSA) is 137 Å². The molecule has 0 amide bonds. The van der Waals surface area contributed by atoms with Crippen molar-refractivity contribution in [1.82, 2.24) is 14.9 Å². The lowest BCUT2D eigenvalue weighted by atomic mass is 10.2. The minimum absolute atomic E-state index is 0.436. The van der Waals surface area contributed by atoms with E-state index in [1.165, 1.54) is 42.4 Å². The van der Waals surface area contributed by atoms with E-state index in [9.17, 15) is 0 Å². The lowest BCUT2D eigenvalue weighted by molar-refractivity contribution is 0.395. The molecule has 3 N–H and O–H groups in total. The summed E-state index contributed by atoms with van der Waals surface area (Å²) in [6.07, 6.45) is 4.05. The van der Waals surface area contributed by atoms with Crippen LogP contribution in [-0.4, -0.2) is 61.9 Å².